The minimum atomic E-state index is -0.733. The fraction of sp³-hybridized carbons (Fsp3) is 0.500. The van der Waals surface area contributed by atoms with Gasteiger partial charge in [-0.3, -0.25) is 0 Å². The Labute approximate surface area is 80.4 Å². The van der Waals surface area contributed by atoms with E-state index in [9.17, 15) is 5.11 Å². The summed E-state index contributed by atoms with van der Waals surface area (Å²) in [5, 5.41) is 9.83. The Morgan fingerprint density at radius 3 is 1.69 bits per heavy atom. The third kappa shape index (κ3) is 2.10. The lowest BCUT2D eigenvalue weighted by atomic mass is 9.92. The van der Waals surface area contributed by atoms with Gasteiger partial charge >= 0.3 is 0 Å². The standard InChI is InChI=1S/C12H18O/c1-8-6-11(12(4,5)13)7-9(2)10(8)3/h6-7,13H,1-5H3. The maximum absolute atomic E-state index is 9.83. The van der Waals surface area contributed by atoms with Crippen LogP contribution in [0, 0.1) is 20.8 Å². The molecule has 0 saturated heterocycles. The van der Waals surface area contributed by atoms with E-state index < -0.39 is 5.60 Å². The highest BCUT2D eigenvalue weighted by Gasteiger charge is 2.16. The van der Waals surface area contributed by atoms with Gasteiger partial charge in [-0.15, -0.1) is 0 Å². The van der Waals surface area contributed by atoms with Crippen molar-refractivity contribution in [2.24, 2.45) is 0 Å². The first-order valence-electron chi connectivity index (χ1n) is 4.63. The van der Waals surface area contributed by atoms with Gasteiger partial charge in [-0.05, 0) is 56.9 Å². The molecule has 0 aliphatic rings. The molecule has 13 heavy (non-hydrogen) atoms. The predicted octanol–water partition coefficient (Wildman–Crippen LogP) is 2.84. The first kappa shape index (κ1) is 10.3. The van der Waals surface area contributed by atoms with E-state index in [0.717, 1.165) is 5.56 Å². The van der Waals surface area contributed by atoms with Crippen LogP contribution in [0.3, 0.4) is 0 Å². The number of hydrogen-bond donors (Lipinski definition) is 1. The van der Waals surface area contributed by atoms with Crippen LogP contribution in [0.1, 0.15) is 36.1 Å². The van der Waals surface area contributed by atoms with E-state index in [4.69, 9.17) is 0 Å². The summed E-state index contributed by atoms with van der Waals surface area (Å²) in [6, 6.07) is 4.12. The van der Waals surface area contributed by atoms with Gasteiger partial charge in [0.1, 0.15) is 0 Å². The lowest BCUT2D eigenvalue weighted by Gasteiger charge is -2.20. The van der Waals surface area contributed by atoms with E-state index in [1.807, 2.05) is 13.8 Å². The van der Waals surface area contributed by atoms with Crippen LogP contribution in [0.2, 0.25) is 0 Å². The van der Waals surface area contributed by atoms with E-state index >= 15 is 0 Å². The van der Waals surface area contributed by atoms with Crippen molar-refractivity contribution in [1.82, 2.24) is 0 Å². The summed E-state index contributed by atoms with van der Waals surface area (Å²) in [6.45, 7) is 9.90. The Balaban J connectivity index is 3.29. The van der Waals surface area contributed by atoms with Crippen LogP contribution < -0.4 is 0 Å². The highest BCUT2D eigenvalue weighted by atomic mass is 16.3. The quantitative estimate of drug-likeness (QED) is 0.701. The molecule has 0 bridgehead atoms. The Hall–Kier alpha value is -0.820. The molecule has 0 atom stereocenters. The number of benzene rings is 1. The summed E-state index contributed by atoms with van der Waals surface area (Å²) in [5.74, 6) is 0. The molecule has 0 amide bonds. The van der Waals surface area contributed by atoms with Gasteiger partial charge in [0, 0.05) is 0 Å². The van der Waals surface area contributed by atoms with Crippen molar-refractivity contribution in [2.75, 3.05) is 0 Å². The van der Waals surface area contributed by atoms with Crippen LogP contribution in [-0.2, 0) is 5.60 Å². The number of aliphatic hydroxyl groups is 1. The van der Waals surface area contributed by atoms with Crippen LogP contribution in [0.4, 0.5) is 0 Å². The van der Waals surface area contributed by atoms with Crippen molar-refractivity contribution in [3.63, 3.8) is 0 Å². The summed E-state index contributed by atoms with van der Waals surface area (Å²) in [6.07, 6.45) is 0. The van der Waals surface area contributed by atoms with Gasteiger partial charge in [-0.1, -0.05) is 12.1 Å². The zero-order valence-corrected chi connectivity index (χ0v) is 9.10. The molecule has 1 aromatic rings. The molecule has 0 fully saturated rings. The fourth-order valence-corrected chi connectivity index (χ4v) is 1.39. The maximum Gasteiger partial charge on any atom is 0.0840 e. The molecule has 0 spiro atoms. The second-order valence-electron chi connectivity index (χ2n) is 4.29. The van der Waals surface area contributed by atoms with Crippen molar-refractivity contribution in [3.05, 3.63) is 34.4 Å². The third-order valence-corrected chi connectivity index (χ3v) is 2.63. The van der Waals surface area contributed by atoms with E-state index in [1.54, 1.807) is 0 Å². The molecule has 1 heteroatoms. The van der Waals surface area contributed by atoms with Crippen LogP contribution in [0.15, 0.2) is 12.1 Å². The highest BCUT2D eigenvalue weighted by molar-refractivity contribution is 5.38. The number of rotatable bonds is 1. The van der Waals surface area contributed by atoms with Crippen molar-refractivity contribution in [2.45, 2.75) is 40.2 Å². The van der Waals surface area contributed by atoms with E-state index in [1.165, 1.54) is 16.7 Å². The lowest BCUT2D eigenvalue weighted by Crippen LogP contribution is -2.16. The molecule has 1 N–H and O–H groups in total. The van der Waals surface area contributed by atoms with E-state index in [-0.39, 0.29) is 0 Å². The molecule has 1 aromatic carbocycles. The topological polar surface area (TPSA) is 20.2 Å². The van der Waals surface area contributed by atoms with Crippen molar-refractivity contribution < 1.29 is 5.11 Å². The zero-order chi connectivity index (χ0) is 10.2. The van der Waals surface area contributed by atoms with Crippen molar-refractivity contribution in [3.8, 4) is 0 Å². The third-order valence-electron chi connectivity index (χ3n) is 2.63. The second kappa shape index (κ2) is 3.15. The summed E-state index contributed by atoms with van der Waals surface area (Å²) < 4.78 is 0. The Morgan fingerprint density at radius 2 is 1.38 bits per heavy atom. The lowest BCUT2D eigenvalue weighted by molar-refractivity contribution is 0.0784. The molecule has 0 radical (unpaired) electrons. The van der Waals surface area contributed by atoms with Gasteiger partial charge in [-0.2, -0.15) is 0 Å². The molecule has 0 unspecified atom stereocenters. The first-order chi connectivity index (χ1) is 5.82. The minimum Gasteiger partial charge on any atom is -0.386 e. The summed E-state index contributed by atoms with van der Waals surface area (Å²) in [4.78, 5) is 0. The van der Waals surface area contributed by atoms with E-state index in [0.29, 0.717) is 0 Å². The fourth-order valence-electron chi connectivity index (χ4n) is 1.39. The summed E-state index contributed by atoms with van der Waals surface area (Å²) in [7, 11) is 0. The summed E-state index contributed by atoms with van der Waals surface area (Å²) >= 11 is 0. The molecular formula is C12H18O. The molecular weight excluding hydrogens is 160 g/mol. The predicted molar refractivity (Wildman–Crippen MR) is 55.9 cm³/mol. The SMILES string of the molecule is Cc1cc(C(C)(C)O)cc(C)c1C. The highest BCUT2D eigenvalue weighted by Crippen LogP contribution is 2.24. The molecule has 0 aromatic heterocycles. The monoisotopic (exact) mass is 178 g/mol. The summed E-state index contributed by atoms with van der Waals surface area (Å²) in [5.41, 5.74) is 4.07. The van der Waals surface area contributed by atoms with Crippen LogP contribution in [-0.4, -0.2) is 5.11 Å². The second-order valence-corrected chi connectivity index (χ2v) is 4.29. The van der Waals surface area contributed by atoms with Crippen LogP contribution in [0.5, 0.6) is 0 Å². The Kier molecular flexibility index (Phi) is 2.49. The normalized spacial score (nSPS) is 11.8. The number of aryl methyl sites for hydroxylation is 2. The zero-order valence-electron chi connectivity index (χ0n) is 9.10. The van der Waals surface area contributed by atoms with Gasteiger partial charge < -0.3 is 5.11 Å². The van der Waals surface area contributed by atoms with Crippen LogP contribution in [0.25, 0.3) is 0 Å². The molecule has 0 aliphatic carbocycles. The van der Waals surface area contributed by atoms with Gasteiger partial charge in [0.05, 0.1) is 5.60 Å². The Morgan fingerprint density at radius 1 is 1.00 bits per heavy atom. The average Bonchev–Trinajstić information content (AvgIpc) is 1.97. The largest absolute Gasteiger partial charge is 0.386 e. The van der Waals surface area contributed by atoms with Crippen LogP contribution >= 0.6 is 0 Å². The minimum absolute atomic E-state index is 0.733. The van der Waals surface area contributed by atoms with Gasteiger partial charge in [0.25, 0.3) is 0 Å². The maximum atomic E-state index is 9.83. The molecule has 0 heterocycles. The molecule has 0 aliphatic heterocycles. The van der Waals surface area contributed by atoms with Crippen molar-refractivity contribution >= 4 is 0 Å². The molecule has 72 valence electrons. The van der Waals surface area contributed by atoms with Gasteiger partial charge in [-0.25, -0.2) is 0 Å². The molecule has 1 rings (SSSR count). The van der Waals surface area contributed by atoms with Gasteiger partial charge in [0.2, 0.25) is 0 Å². The first-order valence-corrected chi connectivity index (χ1v) is 4.63. The number of hydrogen-bond acceptors (Lipinski definition) is 1. The average molecular weight is 178 g/mol. The molecule has 0 saturated carbocycles. The molecule has 1 nitrogen and oxygen atoms in total. The van der Waals surface area contributed by atoms with E-state index in [2.05, 4.69) is 32.9 Å². The van der Waals surface area contributed by atoms with Gasteiger partial charge in [0.15, 0.2) is 0 Å². The Bertz CT molecular complexity index is 295. The van der Waals surface area contributed by atoms with Crippen molar-refractivity contribution in [1.29, 1.82) is 0 Å². The smallest absolute Gasteiger partial charge is 0.0840 e.